The Labute approximate surface area is 151 Å². The van der Waals surface area contributed by atoms with Gasteiger partial charge in [-0.15, -0.1) is 0 Å². The van der Waals surface area contributed by atoms with Crippen molar-refractivity contribution < 1.29 is 4.79 Å². The fraction of sp³-hybridized carbons (Fsp3) is 0.333. The summed E-state index contributed by atoms with van der Waals surface area (Å²) in [6.45, 7) is 5.38. The van der Waals surface area contributed by atoms with Crippen molar-refractivity contribution in [2.45, 2.75) is 6.92 Å². The molecule has 1 fully saturated rings. The fourth-order valence-electron chi connectivity index (χ4n) is 3.23. The number of nitrogens with zero attached hydrogens (tertiary/aromatic N) is 6. The van der Waals surface area contributed by atoms with Gasteiger partial charge in [0, 0.05) is 32.7 Å². The van der Waals surface area contributed by atoms with Gasteiger partial charge in [0.1, 0.15) is 12.1 Å². The zero-order valence-corrected chi connectivity index (χ0v) is 14.7. The Bertz CT molecular complexity index is 900. The average molecular weight is 351 g/mol. The third-order valence-electron chi connectivity index (χ3n) is 4.54. The first-order valence-electron chi connectivity index (χ1n) is 8.80. The normalized spacial score (nSPS) is 14.7. The first-order valence-corrected chi connectivity index (χ1v) is 8.80. The minimum atomic E-state index is -0.00289. The molecule has 0 radical (unpaired) electrons. The van der Waals surface area contributed by atoms with E-state index in [0.29, 0.717) is 19.6 Å². The quantitative estimate of drug-likeness (QED) is 0.776. The van der Waals surface area contributed by atoms with Crippen LogP contribution in [0.5, 0.6) is 0 Å². The van der Waals surface area contributed by atoms with Gasteiger partial charge < -0.3 is 15.1 Å². The molecule has 1 aliphatic heterocycles. The van der Waals surface area contributed by atoms with Crippen molar-refractivity contribution in [2.75, 3.05) is 37.6 Å². The van der Waals surface area contributed by atoms with E-state index < -0.39 is 0 Å². The highest BCUT2D eigenvalue weighted by Gasteiger charge is 2.23. The molecule has 1 N–H and O–H groups in total. The molecular weight excluding hydrogens is 330 g/mol. The second kappa shape index (κ2) is 6.99. The molecular formula is C18H21N7O. The second-order valence-electron chi connectivity index (χ2n) is 6.14. The van der Waals surface area contributed by atoms with Gasteiger partial charge in [-0.05, 0) is 19.1 Å². The number of hydrogen-bond donors (Lipinski definition) is 1. The SMILES string of the molecule is CCNC(=O)N1CCN(c2ncnc3c2cnn3-c2ccccc2)CC1. The first-order chi connectivity index (χ1) is 12.8. The third-order valence-corrected chi connectivity index (χ3v) is 4.54. The summed E-state index contributed by atoms with van der Waals surface area (Å²) in [5.74, 6) is 0.868. The summed E-state index contributed by atoms with van der Waals surface area (Å²) < 4.78 is 1.82. The number of carbonyl (C=O) groups excluding carboxylic acids is 1. The number of nitrogens with one attached hydrogen (secondary N) is 1. The van der Waals surface area contributed by atoms with Crippen molar-refractivity contribution in [1.82, 2.24) is 30.0 Å². The molecule has 2 amide bonds. The molecule has 0 saturated carbocycles. The van der Waals surface area contributed by atoms with Crippen LogP contribution in [0.2, 0.25) is 0 Å². The standard InChI is InChI=1S/C18H21N7O/c1-2-19-18(26)24-10-8-23(9-11-24)16-15-12-22-25(17(15)21-13-20-16)14-6-4-3-5-7-14/h3-7,12-13H,2,8-11H2,1H3,(H,19,26). The number of para-hydroxylation sites is 1. The van der Waals surface area contributed by atoms with Gasteiger partial charge in [0.05, 0.1) is 17.3 Å². The van der Waals surface area contributed by atoms with Gasteiger partial charge in [-0.1, -0.05) is 18.2 Å². The molecule has 1 aliphatic rings. The average Bonchev–Trinajstić information content (AvgIpc) is 3.13. The van der Waals surface area contributed by atoms with Crippen LogP contribution in [-0.2, 0) is 0 Å². The lowest BCUT2D eigenvalue weighted by Crippen LogP contribution is -2.52. The summed E-state index contributed by atoms with van der Waals surface area (Å²) in [7, 11) is 0. The molecule has 0 unspecified atom stereocenters. The van der Waals surface area contributed by atoms with E-state index in [1.54, 1.807) is 6.33 Å². The number of anilines is 1. The molecule has 8 nitrogen and oxygen atoms in total. The molecule has 1 aromatic carbocycles. The zero-order chi connectivity index (χ0) is 17.9. The number of piperazine rings is 1. The van der Waals surface area contributed by atoms with Crippen molar-refractivity contribution in [2.24, 2.45) is 0 Å². The van der Waals surface area contributed by atoms with E-state index in [2.05, 4.69) is 25.3 Å². The molecule has 26 heavy (non-hydrogen) atoms. The zero-order valence-electron chi connectivity index (χ0n) is 14.7. The van der Waals surface area contributed by atoms with Gasteiger partial charge >= 0.3 is 6.03 Å². The van der Waals surface area contributed by atoms with Gasteiger partial charge in [0.25, 0.3) is 0 Å². The molecule has 0 bridgehead atoms. The molecule has 0 aliphatic carbocycles. The van der Waals surface area contributed by atoms with Crippen LogP contribution in [0.25, 0.3) is 16.7 Å². The Morgan fingerprint density at radius 2 is 1.88 bits per heavy atom. The Morgan fingerprint density at radius 3 is 2.62 bits per heavy atom. The van der Waals surface area contributed by atoms with Crippen molar-refractivity contribution >= 4 is 22.9 Å². The van der Waals surface area contributed by atoms with Crippen molar-refractivity contribution in [3.8, 4) is 5.69 Å². The van der Waals surface area contributed by atoms with Crippen molar-refractivity contribution in [3.63, 3.8) is 0 Å². The molecule has 0 spiro atoms. The van der Waals surface area contributed by atoms with Crippen molar-refractivity contribution in [3.05, 3.63) is 42.9 Å². The van der Waals surface area contributed by atoms with Gasteiger partial charge in [-0.25, -0.2) is 19.4 Å². The molecule has 4 rings (SSSR count). The molecule has 3 heterocycles. The summed E-state index contributed by atoms with van der Waals surface area (Å²) in [5.41, 5.74) is 1.75. The van der Waals surface area contributed by atoms with Crippen LogP contribution in [0.3, 0.4) is 0 Å². The van der Waals surface area contributed by atoms with Gasteiger partial charge in [-0.2, -0.15) is 5.10 Å². The summed E-state index contributed by atoms with van der Waals surface area (Å²) >= 11 is 0. The van der Waals surface area contributed by atoms with Crippen LogP contribution in [0.1, 0.15) is 6.92 Å². The van der Waals surface area contributed by atoms with Gasteiger partial charge in [0.2, 0.25) is 0 Å². The predicted molar refractivity (Wildman–Crippen MR) is 99.5 cm³/mol. The lowest BCUT2D eigenvalue weighted by Gasteiger charge is -2.35. The second-order valence-corrected chi connectivity index (χ2v) is 6.14. The minimum absolute atomic E-state index is 0.00289. The smallest absolute Gasteiger partial charge is 0.317 e. The number of urea groups is 1. The maximum atomic E-state index is 12.0. The maximum Gasteiger partial charge on any atom is 0.317 e. The van der Waals surface area contributed by atoms with Crippen molar-refractivity contribution in [1.29, 1.82) is 0 Å². The highest BCUT2D eigenvalue weighted by Crippen LogP contribution is 2.25. The summed E-state index contributed by atoms with van der Waals surface area (Å²) in [4.78, 5) is 24.9. The lowest BCUT2D eigenvalue weighted by molar-refractivity contribution is 0.195. The predicted octanol–water partition coefficient (Wildman–Crippen LogP) is 1.67. The first kappa shape index (κ1) is 16.3. The van der Waals surface area contributed by atoms with E-state index in [4.69, 9.17) is 0 Å². The highest BCUT2D eigenvalue weighted by atomic mass is 16.2. The summed E-state index contributed by atoms with van der Waals surface area (Å²) in [6.07, 6.45) is 3.39. The lowest BCUT2D eigenvalue weighted by atomic mass is 10.3. The van der Waals surface area contributed by atoms with Crippen LogP contribution < -0.4 is 10.2 Å². The fourth-order valence-corrected chi connectivity index (χ4v) is 3.23. The molecule has 3 aromatic rings. The Balaban J connectivity index is 1.59. The van der Waals surface area contributed by atoms with Crippen LogP contribution in [-0.4, -0.2) is 63.4 Å². The molecule has 0 atom stereocenters. The Morgan fingerprint density at radius 1 is 1.12 bits per heavy atom. The number of aromatic nitrogens is 4. The van der Waals surface area contributed by atoms with Crippen LogP contribution in [0, 0.1) is 0 Å². The summed E-state index contributed by atoms with van der Waals surface area (Å²) in [5, 5.41) is 8.27. The molecule has 8 heteroatoms. The van der Waals surface area contributed by atoms with E-state index >= 15 is 0 Å². The number of benzene rings is 1. The largest absolute Gasteiger partial charge is 0.352 e. The summed E-state index contributed by atoms with van der Waals surface area (Å²) in [6, 6.07) is 9.93. The highest BCUT2D eigenvalue weighted by molar-refractivity contribution is 5.87. The molecule has 134 valence electrons. The maximum absolute atomic E-state index is 12.0. The van der Waals surface area contributed by atoms with E-state index in [1.165, 1.54) is 0 Å². The number of rotatable bonds is 3. The number of hydrogen-bond acceptors (Lipinski definition) is 5. The van der Waals surface area contributed by atoms with Crippen LogP contribution in [0.4, 0.5) is 10.6 Å². The molecule has 1 saturated heterocycles. The number of fused-ring (bicyclic) bond motifs is 1. The minimum Gasteiger partial charge on any atom is -0.352 e. The molecule has 2 aromatic heterocycles. The Hall–Kier alpha value is -3.16. The van der Waals surface area contributed by atoms with Crippen LogP contribution >= 0.6 is 0 Å². The van der Waals surface area contributed by atoms with E-state index in [9.17, 15) is 4.79 Å². The van der Waals surface area contributed by atoms with E-state index in [0.717, 1.165) is 35.6 Å². The van der Waals surface area contributed by atoms with Gasteiger partial charge in [0.15, 0.2) is 5.65 Å². The number of carbonyl (C=O) groups is 1. The van der Waals surface area contributed by atoms with Gasteiger partial charge in [-0.3, -0.25) is 0 Å². The third kappa shape index (κ3) is 2.94. The van der Waals surface area contributed by atoms with E-state index in [1.807, 2.05) is 53.0 Å². The Kier molecular flexibility index (Phi) is 4.39. The monoisotopic (exact) mass is 351 g/mol. The van der Waals surface area contributed by atoms with Crippen LogP contribution in [0.15, 0.2) is 42.9 Å². The number of amides is 2. The van der Waals surface area contributed by atoms with E-state index in [-0.39, 0.29) is 6.03 Å². The topological polar surface area (TPSA) is 79.2 Å².